The monoisotopic (exact) mass is 493 g/mol. The first-order chi connectivity index (χ1) is 16.4. The lowest BCUT2D eigenvalue weighted by atomic mass is 9.97. The predicted octanol–water partition coefficient (Wildman–Crippen LogP) is 4.61. The van der Waals surface area contributed by atoms with Crippen LogP contribution < -0.4 is 9.46 Å². The minimum Gasteiger partial charge on any atom is -0.439 e. The molecule has 10 heteroatoms. The fraction of sp³-hybridized carbons (Fsp3) is 0.240. The average molecular weight is 494 g/mol. The van der Waals surface area contributed by atoms with Crippen molar-refractivity contribution in [3.63, 3.8) is 0 Å². The first-order valence-electron chi connectivity index (χ1n) is 10.9. The largest absolute Gasteiger partial charge is 0.439 e. The summed E-state index contributed by atoms with van der Waals surface area (Å²) in [5.41, 5.74) is 4.22. The molecule has 4 rings (SSSR count). The Kier molecular flexibility index (Phi) is 6.35. The molecule has 0 fully saturated rings. The summed E-state index contributed by atoms with van der Waals surface area (Å²) in [5.74, 6) is 0.505. The number of anilines is 1. The second kappa shape index (κ2) is 9.12. The smallest absolute Gasteiger partial charge is 0.267 e. The van der Waals surface area contributed by atoms with Gasteiger partial charge in [0.15, 0.2) is 0 Å². The molecule has 0 radical (unpaired) electrons. The number of sulfonamides is 1. The number of rotatable bonds is 7. The lowest BCUT2D eigenvalue weighted by molar-refractivity contribution is 0.0785. The zero-order valence-corrected chi connectivity index (χ0v) is 20.9. The van der Waals surface area contributed by atoms with Gasteiger partial charge in [-0.3, -0.25) is 5.10 Å². The molecule has 0 saturated heterocycles. The fourth-order valence-corrected chi connectivity index (χ4v) is 4.70. The molecule has 0 amide bonds. The molecule has 182 valence electrons. The number of H-pyrrole nitrogens is 1. The van der Waals surface area contributed by atoms with Crippen LogP contribution in [0.5, 0.6) is 11.6 Å². The summed E-state index contributed by atoms with van der Waals surface area (Å²) in [6.45, 7) is 9.36. The van der Waals surface area contributed by atoms with Crippen LogP contribution in [0.4, 0.5) is 5.95 Å². The van der Waals surface area contributed by atoms with Gasteiger partial charge in [0.05, 0.1) is 17.5 Å². The Labute approximate surface area is 204 Å². The van der Waals surface area contributed by atoms with Crippen molar-refractivity contribution in [2.45, 2.75) is 45.1 Å². The molecule has 0 saturated carbocycles. The van der Waals surface area contributed by atoms with E-state index in [-0.39, 0.29) is 16.7 Å². The summed E-state index contributed by atoms with van der Waals surface area (Å²) < 4.78 is 33.9. The topological polar surface area (TPSA) is 130 Å². The molecule has 0 atom stereocenters. The van der Waals surface area contributed by atoms with Gasteiger partial charge in [-0.2, -0.15) is 10.1 Å². The zero-order valence-electron chi connectivity index (χ0n) is 20.1. The molecule has 9 nitrogen and oxygen atoms in total. The van der Waals surface area contributed by atoms with Crippen LogP contribution in [0, 0.1) is 20.8 Å². The van der Waals surface area contributed by atoms with E-state index in [2.05, 4.69) is 24.9 Å². The van der Waals surface area contributed by atoms with E-state index in [0.717, 1.165) is 27.8 Å². The molecule has 3 N–H and O–H groups in total. The van der Waals surface area contributed by atoms with E-state index in [9.17, 15) is 13.5 Å². The van der Waals surface area contributed by atoms with Crippen LogP contribution in [0.15, 0.2) is 59.8 Å². The second-order valence-electron chi connectivity index (χ2n) is 8.91. The van der Waals surface area contributed by atoms with Gasteiger partial charge < -0.3 is 9.84 Å². The summed E-state index contributed by atoms with van der Waals surface area (Å²) >= 11 is 0. The van der Waals surface area contributed by atoms with Crippen molar-refractivity contribution < 1.29 is 18.3 Å². The van der Waals surface area contributed by atoms with E-state index in [1.807, 2.05) is 32.9 Å². The third-order valence-electron chi connectivity index (χ3n) is 5.43. The lowest BCUT2D eigenvalue weighted by Crippen LogP contribution is -2.15. The van der Waals surface area contributed by atoms with Gasteiger partial charge in [0, 0.05) is 17.8 Å². The number of hydrogen-bond acceptors (Lipinski definition) is 7. The molecule has 0 aliphatic carbocycles. The Hall–Kier alpha value is -3.76. The van der Waals surface area contributed by atoms with Crippen LogP contribution in [-0.2, 0) is 15.6 Å². The molecule has 35 heavy (non-hydrogen) atoms. The van der Waals surface area contributed by atoms with Crippen LogP contribution in [0.1, 0.15) is 36.1 Å². The molecular formula is C25H27N5O4S. The van der Waals surface area contributed by atoms with E-state index >= 15 is 0 Å². The highest BCUT2D eigenvalue weighted by Crippen LogP contribution is 2.32. The minimum atomic E-state index is -3.96. The summed E-state index contributed by atoms with van der Waals surface area (Å²) in [6, 6.07) is 12.7. The van der Waals surface area contributed by atoms with Crippen molar-refractivity contribution in [2.75, 3.05) is 4.72 Å². The SMILES string of the molecule is Cc1cc(C)c(-c2cc(Oc3ccc(C(C)(C)O)cc3)nc(NS(=O)(=O)c3cn[nH]c3)n2)c(C)c1. The standard InChI is InChI=1S/C25H27N5O4S/c1-15-10-16(2)23(17(3)11-15)21-12-22(34-19-8-6-18(7-9-19)25(4,5)31)29-24(28-21)30-35(32,33)20-13-26-27-14-20/h6-14,31H,1-5H3,(H,26,27)(H,28,29,30). The second-order valence-corrected chi connectivity index (χ2v) is 10.6. The maximum atomic E-state index is 12.8. The van der Waals surface area contributed by atoms with Crippen molar-refractivity contribution in [1.29, 1.82) is 0 Å². The highest BCUT2D eigenvalue weighted by molar-refractivity contribution is 7.92. The first kappa shape index (κ1) is 24.4. The molecular weight excluding hydrogens is 466 g/mol. The van der Waals surface area contributed by atoms with E-state index in [4.69, 9.17) is 4.74 Å². The van der Waals surface area contributed by atoms with E-state index < -0.39 is 15.6 Å². The van der Waals surface area contributed by atoms with Crippen molar-refractivity contribution in [1.82, 2.24) is 20.2 Å². The number of aryl methyl sites for hydroxylation is 3. The number of aromatic amines is 1. The van der Waals surface area contributed by atoms with Gasteiger partial charge in [-0.25, -0.2) is 18.1 Å². The van der Waals surface area contributed by atoms with Gasteiger partial charge in [-0.1, -0.05) is 29.8 Å². The van der Waals surface area contributed by atoms with Gasteiger partial charge in [-0.15, -0.1) is 0 Å². The number of aliphatic hydroxyl groups is 1. The normalized spacial score (nSPS) is 11.9. The number of nitrogens with zero attached hydrogens (tertiary/aromatic N) is 3. The first-order valence-corrected chi connectivity index (χ1v) is 12.4. The number of aromatic nitrogens is 4. The quantitative estimate of drug-likeness (QED) is 0.343. The summed E-state index contributed by atoms with van der Waals surface area (Å²) in [7, 11) is -3.96. The molecule has 0 bridgehead atoms. The Morgan fingerprint density at radius 3 is 2.23 bits per heavy atom. The third-order valence-corrected chi connectivity index (χ3v) is 6.72. The zero-order chi connectivity index (χ0) is 25.4. The Balaban J connectivity index is 1.77. The minimum absolute atomic E-state index is 0.0427. The van der Waals surface area contributed by atoms with Crippen LogP contribution >= 0.6 is 0 Å². The van der Waals surface area contributed by atoms with Crippen molar-refractivity contribution in [3.8, 4) is 22.9 Å². The van der Waals surface area contributed by atoms with E-state index in [1.165, 1.54) is 12.4 Å². The van der Waals surface area contributed by atoms with Crippen LogP contribution in [-0.4, -0.2) is 33.7 Å². The van der Waals surface area contributed by atoms with Gasteiger partial charge in [0.1, 0.15) is 10.6 Å². The summed E-state index contributed by atoms with van der Waals surface area (Å²) in [5, 5.41) is 16.4. The maximum Gasteiger partial charge on any atom is 0.267 e. The van der Waals surface area contributed by atoms with Crippen molar-refractivity contribution in [2.24, 2.45) is 0 Å². The summed E-state index contributed by atoms with van der Waals surface area (Å²) in [4.78, 5) is 8.74. The highest BCUT2D eigenvalue weighted by Gasteiger charge is 2.20. The van der Waals surface area contributed by atoms with Crippen LogP contribution in [0.3, 0.4) is 0 Å². The van der Waals surface area contributed by atoms with E-state index in [1.54, 1.807) is 44.2 Å². The number of nitrogens with one attached hydrogen (secondary N) is 2. The van der Waals surface area contributed by atoms with Gasteiger partial charge in [0.25, 0.3) is 10.0 Å². The molecule has 2 aromatic carbocycles. The molecule has 0 spiro atoms. The number of benzene rings is 2. The van der Waals surface area contributed by atoms with Gasteiger partial charge in [-0.05, 0) is 63.4 Å². The molecule has 0 aliphatic heterocycles. The molecule has 0 unspecified atom stereocenters. The number of hydrogen-bond donors (Lipinski definition) is 3. The predicted molar refractivity (Wildman–Crippen MR) is 133 cm³/mol. The highest BCUT2D eigenvalue weighted by atomic mass is 32.2. The molecule has 4 aromatic rings. The molecule has 2 aromatic heterocycles. The molecule has 2 heterocycles. The fourth-order valence-electron chi connectivity index (χ4n) is 3.85. The van der Waals surface area contributed by atoms with Gasteiger partial charge in [0.2, 0.25) is 11.8 Å². The number of ether oxygens (including phenoxy) is 1. The summed E-state index contributed by atoms with van der Waals surface area (Å²) in [6.07, 6.45) is 2.46. The molecule has 0 aliphatic rings. The van der Waals surface area contributed by atoms with Crippen molar-refractivity contribution >= 4 is 16.0 Å². The Bertz CT molecular complexity index is 1440. The van der Waals surface area contributed by atoms with Gasteiger partial charge >= 0.3 is 0 Å². The Morgan fingerprint density at radius 1 is 1.00 bits per heavy atom. The van der Waals surface area contributed by atoms with E-state index in [0.29, 0.717) is 11.4 Å². The Morgan fingerprint density at radius 2 is 1.66 bits per heavy atom. The maximum absolute atomic E-state index is 12.8. The average Bonchev–Trinajstić information content (AvgIpc) is 3.28. The van der Waals surface area contributed by atoms with Crippen LogP contribution in [0.25, 0.3) is 11.3 Å². The lowest BCUT2D eigenvalue weighted by Gasteiger charge is -2.18. The third kappa shape index (κ3) is 5.50. The van der Waals surface area contributed by atoms with Crippen LogP contribution in [0.2, 0.25) is 0 Å². The van der Waals surface area contributed by atoms with Crippen molar-refractivity contribution in [3.05, 3.63) is 77.1 Å².